The van der Waals surface area contributed by atoms with Gasteiger partial charge in [0.1, 0.15) is 5.60 Å². The van der Waals surface area contributed by atoms with Gasteiger partial charge >= 0.3 is 11.9 Å². The Bertz CT molecular complexity index is 737. The number of hydrogen-bond donors (Lipinski definition) is 0. The lowest BCUT2D eigenvalue weighted by Gasteiger charge is -2.38. The molecule has 1 heterocycles. The molecule has 0 aromatic heterocycles. The van der Waals surface area contributed by atoms with Crippen molar-refractivity contribution in [2.75, 3.05) is 0 Å². The summed E-state index contributed by atoms with van der Waals surface area (Å²) in [5.41, 5.74) is -1.88. The van der Waals surface area contributed by atoms with Crippen molar-refractivity contribution in [3.05, 3.63) is 35.4 Å². The highest BCUT2D eigenvalue weighted by Gasteiger charge is 2.56. The van der Waals surface area contributed by atoms with Crippen molar-refractivity contribution in [1.29, 1.82) is 0 Å². The largest absolute Gasteiger partial charge is 0.459 e. The fourth-order valence-electron chi connectivity index (χ4n) is 2.82. The maximum Gasteiger partial charge on any atom is 0.350 e. The van der Waals surface area contributed by atoms with Crippen LogP contribution >= 0.6 is 0 Å². The number of nitrogens with zero attached hydrogens (tertiary/aromatic N) is 1. The molecule has 0 unspecified atom stereocenters. The quantitative estimate of drug-likeness (QED) is 0.474. The Morgan fingerprint density at radius 2 is 1.52 bits per heavy atom. The van der Waals surface area contributed by atoms with Crippen LogP contribution in [0.3, 0.4) is 0 Å². The molecule has 0 N–H and O–H groups in total. The van der Waals surface area contributed by atoms with Gasteiger partial charge in [0.15, 0.2) is 5.41 Å². The third-order valence-electron chi connectivity index (χ3n) is 4.32. The van der Waals surface area contributed by atoms with E-state index >= 15 is 0 Å². The smallest absolute Gasteiger partial charge is 0.350 e. The van der Waals surface area contributed by atoms with Gasteiger partial charge in [-0.15, -0.1) is 0 Å². The van der Waals surface area contributed by atoms with Gasteiger partial charge in [-0.25, -0.2) is 4.79 Å². The summed E-state index contributed by atoms with van der Waals surface area (Å²) in [7, 11) is 0. The van der Waals surface area contributed by atoms with E-state index in [1.807, 2.05) is 0 Å². The highest BCUT2D eigenvalue weighted by atomic mass is 16.7. The highest BCUT2D eigenvalue weighted by Crippen LogP contribution is 2.44. The molecule has 0 radical (unpaired) electrons. The summed E-state index contributed by atoms with van der Waals surface area (Å²) in [5.74, 6) is -3.05. The summed E-state index contributed by atoms with van der Waals surface area (Å²) < 4.78 is 5.32. The van der Waals surface area contributed by atoms with Crippen molar-refractivity contribution in [3.8, 4) is 0 Å². The van der Waals surface area contributed by atoms with E-state index < -0.39 is 34.8 Å². The first-order valence-corrected chi connectivity index (χ1v) is 8.09. The van der Waals surface area contributed by atoms with Gasteiger partial charge in [0.25, 0.3) is 11.8 Å². The summed E-state index contributed by atoms with van der Waals surface area (Å²) in [6.45, 7) is 5.10. The minimum Gasteiger partial charge on any atom is -0.459 e. The zero-order chi connectivity index (χ0) is 18.4. The summed E-state index contributed by atoms with van der Waals surface area (Å²) in [6.07, 6.45) is 1.20. The Labute approximate surface area is 144 Å². The van der Waals surface area contributed by atoms with E-state index in [4.69, 9.17) is 9.57 Å². The Balaban J connectivity index is 1.79. The van der Waals surface area contributed by atoms with Gasteiger partial charge in [0.2, 0.25) is 0 Å². The van der Waals surface area contributed by atoms with Gasteiger partial charge in [0.05, 0.1) is 11.1 Å². The maximum absolute atomic E-state index is 12.6. The highest BCUT2D eigenvalue weighted by molar-refractivity contribution is 6.21. The lowest BCUT2D eigenvalue weighted by molar-refractivity contribution is -0.200. The number of carbonyl (C=O) groups excluding carboxylic acids is 4. The minimum atomic E-state index is -1.46. The molecule has 1 aromatic carbocycles. The molecule has 7 heteroatoms. The Morgan fingerprint density at radius 3 is 1.92 bits per heavy atom. The standard InChI is InChI=1S/C18H19NO6/c1-17(2,3)24-15(22)18(9-6-10-18)16(23)25-19-13(20)11-7-4-5-8-12(11)14(19)21/h4-5,7-8H,6,9-10H2,1-3H3. The number of hydroxylamine groups is 2. The van der Waals surface area contributed by atoms with Crippen LogP contribution in [0.1, 0.15) is 60.7 Å². The van der Waals surface area contributed by atoms with Gasteiger partial charge < -0.3 is 9.57 Å². The number of esters is 1. The minimum absolute atomic E-state index is 0.167. The predicted molar refractivity (Wildman–Crippen MR) is 85.2 cm³/mol. The molecular formula is C18H19NO6. The summed E-state index contributed by atoms with van der Waals surface area (Å²) in [6, 6.07) is 6.19. The second-order valence-corrected chi connectivity index (χ2v) is 7.27. The topological polar surface area (TPSA) is 90.0 Å². The fraction of sp³-hybridized carbons (Fsp3) is 0.444. The zero-order valence-electron chi connectivity index (χ0n) is 14.3. The summed E-state index contributed by atoms with van der Waals surface area (Å²) >= 11 is 0. The predicted octanol–water partition coefficient (Wildman–Crippen LogP) is 2.25. The van der Waals surface area contributed by atoms with Crippen molar-refractivity contribution >= 4 is 23.8 Å². The molecule has 7 nitrogen and oxygen atoms in total. The number of imide groups is 1. The molecule has 25 heavy (non-hydrogen) atoms. The average Bonchev–Trinajstić information content (AvgIpc) is 2.70. The van der Waals surface area contributed by atoms with Gasteiger partial charge in [-0.2, -0.15) is 0 Å². The van der Waals surface area contributed by atoms with Crippen molar-refractivity contribution in [1.82, 2.24) is 5.06 Å². The monoisotopic (exact) mass is 345 g/mol. The van der Waals surface area contributed by atoms with Crippen LogP contribution < -0.4 is 0 Å². The molecule has 132 valence electrons. The van der Waals surface area contributed by atoms with Crippen LogP contribution in [0.2, 0.25) is 0 Å². The molecule has 3 rings (SSSR count). The van der Waals surface area contributed by atoms with E-state index in [0.29, 0.717) is 11.5 Å². The average molecular weight is 345 g/mol. The normalized spacial score (nSPS) is 18.4. The van der Waals surface area contributed by atoms with Crippen molar-refractivity contribution in [2.24, 2.45) is 5.41 Å². The van der Waals surface area contributed by atoms with Crippen molar-refractivity contribution in [2.45, 2.75) is 45.6 Å². The molecule has 1 aliphatic carbocycles. The van der Waals surface area contributed by atoms with Crippen LogP contribution in [0.25, 0.3) is 0 Å². The Hall–Kier alpha value is -2.70. The van der Waals surface area contributed by atoms with Crippen LogP contribution in [-0.2, 0) is 19.2 Å². The van der Waals surface area contributed by atoms with E-state index in [-0.39, 0.29) is 24.0 Å². The molecule has 1 aromatic rings. The van der Waals surface area contributed by atoms with E-state index in [1.54, 1.807) is 32.9 Å². The van der Waals surface area contributed by atoms with E-state index in [1.165, 1.54) is 12.1 Å². The molecule has 2 amide bonds. The SMILES string of the molecule is CC(C)(C)OC(=O)C1(C(=O)ON2C(=O)c3ccccc3C2=O)CCC1. The van der Waals surface area contributed by atoms with E-state index in [0.717, 1.165) is 0 Å². The molecule has 1 saturated carbocycles. The summed E-state index contributed by atoms with van der Waals surface area (Å²) in [5, 5.41) is 0.428. The van der Waals surface area contributed by atoms with Gasteiger partial charge in [-0.05, 0) is 52.2 Å². The van der Waals surface area contributed by atoms with Crippen LogP contribution in [0, 0.1) is 5.41 Å². The molecule has 1 aliphatic heterocycles. The van der Waals surface area contributed by atoms with E-state index in [9.17, 15) is 19.2 Å². The zero-order valence-corrected chi connectivity index (χ0v) is 14.3. The Morgan fingerprint density at radius 1 is 1.00 bits per heavy atom. The number of amides is 2. The number of benzene rings is 1. The maximum atomic E-state index is 12.6. The van der Waals surface area contributed by atoms with Gasteiger partial charge in [-0.3, -0.25) is 14.4 Å². The molecule has 0 atom stereocenters. The van der Waals surface area contributed by atoms with Crippen molar-refractivity contribution < 1.29 is 28.8 Å². The number of rotatable bonds is 3. The van der Waals surface area contributed by atoms with Crippen LogP contribution in [0.4, 0.5) is 0 Å². The first-order chi connectivity index (χ1) is 11.7. The van der Waals surface area contributed by atoms with Crippen molar-refractivity contribution in [3.63, 3.8) is 0 Å². The van der Waals surface area contributed by atoms with Crippen LogP contribution in [-0.4, -0.2) is 34.4 Å². The Kier molecular flexibility index (Phi) is 3.89. The lowest BCUT2D eigenvalue weighted by atomic mass is 9.68. The first kappa shape index (κ1) is 17.1. The van der Waals surface area contributed by atoms with Crippen LogP contribution in [0.15, 0.2) is 24.3 Å². The number of hydrogen-bond acceptors (Lipinski definition) is 6. The van der Waals surface area contributed by atoms with Gasteiger partial charge in [0, 0.05) is 0 Å². The molecule has 0 spiro atoms. The second kappa shape index (κ2) is 5.68. The van der Waals surface area contributed by atoms with E-state index in [2.05, 4.69) is 0 Å². The second-order valence-electron chi connectivity index (χ2n) is 7.27. The molecule has 1 fully saturated rings. The lowest BCUT2D eigenvalue weighted by Crippen LogP contribution is -2.51. The van der Waals surface area contributed by atoms with Gasteiger partial charge in [-0.1, -0.05) is 17.2 Å². The fourth-order valence-corrected chi connectivity index (χ4v) is 2.82. The third kappa shape index (κ3) is 2.79. The first-order valence-electron chi connectivity index (χ1n) is 8.09. The number of ether oxygens (including phenoxy) is 1. The summed E-state index contributed by atoms with van der Waals surface area (Å²) in [4.78, 5) is 54.7. The third-order valence-corrected chi connectivity index (χ3v) is 4.32. The number of carbonyl (C=O) groups is 4. The molecule has 2 aliphatic rings. The molecule has 0 saturated heterocycles. The number of fused-ring (bicyclic) bond motifs is 1. The molecule has 0 bridgehead atoms. The van der Waals surface area contributed by atoms with Crippen LogP contribution in [0.5, 0.6) is 0 Å². The molecular weight excluding hydrogens is 326 g/mol.